The van der Waals surface area contributed by atoms with Crippen LogP contribution in [-0.4, -0.2) is 23.6 Å². The molecule has 0 bridgehead atoms. The molecule has 5 unspecified atom stereocenters. The van der Waals surface area contributed by atoms with E-state index in [0.717, 1.165) is 19.3 Å². The maximum atomic E-state index is 11.8. The summed E-state index contributed by atoms with van der Waals surface area (Å²) in [6.07, 6.45) is 2.60. The van der Waals surface area contributed by atoms with Crippen molar-refractivity contribution < 1.29 is 19.1 Å². The summed E-state index contributed by atoms with van der Waals surface area (Å²) in [6.45, 7) is 5.24. The van der Waals surface area contributed by atoms with Crippen molar-refractivity contribution in [1.82, 2.24) is 0 Å². The summed E-state index contributed by atoms with van der Waals surface area (Å²) >= 11 is 0. The van der Waals surface area contributed by atoms with Gasteiger partial charge in [-0.1, -0.05) is 6.58 Å². The van der Waals surface area contributed by atoms with Gasteiger partial charge in [0.2, 0.25) is 0 Å². The molecule has 1 heterocycles. The average Bonchev–Trinajstić information content (AvgIpc) is 2.85. The minimum absolute atomic E-state index is 0.0691. The maximum absolute atomic E-state index is 11.8. The zero-order valence-electron chi connectivity index (χ0n) is 9.69. The Labute approximate surface area is 99.0 Å². The minimum atomic E-state index is -0.634. The Morgan fingerprint density at radius 2 is 2.29 bits per heavy atom. The number of hydrogen-bond acceptors (Lipinski definition) is 4. The summed E-state index contributed by atoms with van der Waals surface area (Å²) < 4.78 is 11.0. The lowest BCUT2D eigenvalue weighted by molar-refractivity contribution is -0.211. The summed E-state index contributed by atoms with van der Waals surface area (Å²) in [4.78, 5) is 23.6. The zero-order chi connectivity index (χ0) is 12.0. The van der Waals surface area contributed by atoms with Crippen molar-refractivity contribution in [3.05, 3.63) is 12.2 Å². The van der Waals surface area contributed by atoms with Gasteiger partial charge in [-0.3, -0.25) is 4.79 Å². The van der Waals surface area contributed by atoms with E-state index in [0.29, 0.717) is 11.5 Å². The van der Waals surface area contributed by atoms with Crippen LogP contribution in [0.2, 0.25) is 0 Å². The highest BCUT2D eigenvalue weighted by Crippen LogP contribution is 2.83. The Kier molecular flexibility index (Phi) is 1.38. The van der Waals surface area contributed by atoms with E-state index >= 15 is 0 Å². The topological polar surface area (TPSA) is 52.6 Å². The largest absolute Gasteiger partial charge is 0.458 e. The van der Waals surface area contributed by atoms with Gasteiger partial charge in [-0.2, -0.15) is 0 Å². The van der Waals surface area contributed by atoms with Crippen LogP contribution in [0.15, 0.2) is 12.2 Å². The second-order valence-corrected chi connectivity index (χ2v) is 5.94. The molecule has 1 saturated heterocycles. The maximum Gasteiger partial charge on any atom is 0.333 e. The van der Waals surface area contributed by atoms with Gasteiger partial charge in [0, 0.05) is 11.0 Å². The monoisotopic (exact) mass is 234 g/mol. The Hall–Kier alpha value is -1.32. The molecule has 4 heteroatoms. The van der Waals surface area contributed by atoms with E-state index in [1.165, 1.54) is 0 Å². The van der Waals surface area contributed by atoms with Crippen LogP contribution in [0.1, 0.15) is 26.2 Å². The van der Waals surface area contributed by atoms with Gasteiger partial charge >= 0.3 is 11.9 Å². The number of esters is 2. The van der Waals surface area contributed by atoms with Crippen LogP contribution in [-0.2, 0) is 19.1 Å². The Balaban J connectivity index is 1.74. The summed E-state index contributed by atoms with van der Waals surface area (Å²) in [5, 5.41) is 0. The predicted octanol–water partition coefficient (Wildman–Crippen LogP) is 1.20. The van der Waals surface area contributed by atoms with Crippen LogP contribution in [0.4, 0.5) is 0 Å². The third kappa shape index (κ3) is 0.789. The van der Waals surface area contributed by atoms with E-state index in [2.05, 4.69) is 6.58 Å². The van der Waals surface area contributed by atoms with Crippen LogP contribution < -0.4 is 0 Å². The lowest BCUT2D eigenvalue weighted by Gasteiger charge is -2.49. The highest BCUT2D eigenvalue weighted by Gasteiger charge is 2.90. The van der Waals surface area contributed by atoms with Crippen LogP contribution >= 0.6 is 0 Å². The SMILES string of the molecule is C=C(C)C(=O)OC12C3CC14CC4CC2C(=O)O3. The fourth-order valence-electron chi connectivity index (χ4n) is 4.38. The number of rotatable bonds is 2. The lowest BCUT2D eigenvalue weighted by atomic mass is 9.62. The van der Waals surface area contributed by atoms with E-state index in [1.807, 2.05) is 0 Å². The van der Waals surface area contributed by atoms with Gasteiger partial charge in [-0.15, -0.1) is 0 Å². The van der Waals surface area contributed by atoms with E-state index in [1.54, 1.807) is 6.92 Å². The molecule has 4 fully saturated rings. The van der Waals surface area contributed by atoms with Crippen LogP contribution in [0.3, 0.4) is 0 Å². The third-order valence-electron chi connectivity index (χ3n) is 5.23. The standard InChI is InChI=1S/C13H14O4/c1-6(2)10(14)17-13-8-3-7-4-12(7,13)5-9(13)16-11(8)15/h7-9H,1,3-5H2,2H3. The molecule has 4 nitrogen and oxygen atoms in total. The number of hydrogen-bond donors (Lipinski definition) is 0. The molecule has 0 amide bonds. The molecule has 3 saturated carbocycles. The molecule has 0 radical (unpaired) electrons. The lowest BCUT2D eigenvalue weighted by Crippen LogP contribution is -2.62. The predicted molar refractivity (Wildman–Crippen MR) is 56.8 cm³/mol. The smallest absolute Gasteiger partial charge is 0.333 e. The molecule has 0 aromatic carbocycles. The van der Waals surface area contributed by atoms with Crippen molar-refractivity contribution in [2.45, 2.75) is 37.9 Å². The molecular weight excluding hydrogens is 220 g/mol. The first kappa shape index (κ1) is 9.68. The van der Waals surface area contributed by atoms with Gasteiger partial charge in [-0.25, -0.2) is 4.79 Å². The summed E-state index contributed by atoms with van der Waals surface area (Å²) in [5.74, 6) is -0.212. The van der Waals surface area contributed by atoms with Crippen molar-refractivity contribution in [2.75, 3.05) is 0 Å². The van der Waals surface area contributed by atoms with Crippen molar-refractivity contribution >= 4 is 11.9 Å². The first-order chi connectivity index (χ1) is 8.01. The minimum Gasteiger partial charge on any atom is -0.458 e. The van der Waals surface area contributed by atoms with Crippen LogP contribution in [0.5, 0.6) is 0 Å². The van der Waals surface area contributed by atoms with Gasteiger partial charge in [0.25, 0.3) is 0 Å². The van der Waals surface area contributed by atoms with Gasteiger partial charge in [-0.05, 0) is 32.1 Å². The zero-order valence-corrected chi connectivity index (χ0v) is 9.69. The second kappa shape index (κ2) is 2.42. The molecule has 3 aliphatic carbocycles. The average molecular weight is 234 g/mol. The van der Waals surface area contributed by atoms with Crippen molar-refractivity contribution in [2.24, 2.45) is 17.3 Å². The molecule has 0 N–H and O–H groups in total. The van der Waals surface area contributed by atoms with Gasteiger partial charge in [0.1, 0.15) is 12.0 Å². The number of carbonyl (C=O) groups is 2. The van der Waals surface area contributed by atoms with Crippen molar-refractivity contribution in [3.63, 3.8) is 0 Å². The summed E-state index contributed by atoms with van der Waals surface area (Å²) in [5.41, 5.74) is -0.179. The Morgan fingerprint density at radius 1 is 1.53 bits per heavy atom. The van der Waals surface area contributed by atoms with E-state index < -0.39 is 5.60 Å². The molecule has 0 aromatic heterocycles. The van der Waals surface area contributed by atoms with E-state index in [-0.39, 0.29) is 29.4 Å². The van der Waals surface area contributed by atoms with E-state index in [4.69, 9.17) is 9.47 Å². The molecule has 1 aliphatic heterocycles. The fraction of sp³-hybridized carbons (Fsp3) is 0.692. The normalized spacial score (nSPS) is 52.1. The number of ether oxygens (including phenoxy) is 2. The first-order valence-electron chi connectivity index (χ1n) is 6.10. The first-order valence-corrected chi connectivity index (χ1v) is 6.10. The van der Waals surface area contributed by atoms with Gasteiger partial charge in [0.15, 0.2) is 5.60 Å². The van der Waals surface area contributed by atoms with Crippen LogP contribution in [0.25, 0.3) is 0 Å². The molecular formula is C13H14O4. The quantitative estimate of drug-likeness (QED) is 0.532. The van der Waals surface area contributed by atoms with Crippen LogP contribution in [0, 0.1) is 17.3 Å². The molecule has 17 heavy (non-hydrogen) atoms. The Morgan fingerprint density at radius 3 is 3.00 bits per heavy atom. The molecule has 4 rings (SSSR count). The molecule has 5 atom stereocenters. The van der Waals surface area contributed by atoms with E-state index in [9.17, 15) is 9.59 Å². The molecule has 0 aromatic rings. The highest BCUT2D eigenvalue weighted by molar-refractivity contribution is 5.89. The Bertz CT molecular complexity index is 482. The summed E-state index contributed by atoms with van der Waals surface area (Å²) in [6, 6.07) is 0. The van der Waals surface area contributed by atoms with Crippen molar-refractivity contribution in [3.8, 4) is 0 Å². The summed E-state index contributed by atoms with van der Waals surface area (Å²) in [7, 11) is 0. The number of carbonyl (C=O) groups excluding carboxylic acids is 2. The fourth-order valence-corrected chi connectivity index (χ4v) is 4.38. The molecule has 90 valence electrons. The molecule has 4 aliphatic rings. The highest BCUT2D eigenvalue weighted by atomic mass is 16.6. The third-order valence-corrected chi connectivity index (χ3v) is 5.23. The van der Waals surface area contributed by atoms with Gasteiger partial charge < -0.3 is 9.47 Å². The second-order valence-electron chi connectivity index (χ2n) is 5.94. The molecule has 1 spiro atoms. The van der Waals surface area contributed by atoms with Gasteiger partial charge in [0.05, 0.1) is 0 Å². The van der Waals surface area contributed by atoms with Crippen molar-refractivity contribution in [1.29, 1.82) is 0 Å².